The van der Waals surface area contributed by atoms with Crippen LogP contribution in [0.25, 0.3) is 0 Å². The van der Waals surface area contributed by atoms with Gasteiger partial charge in [-0.1, -0.05) is 37.3 Å². The van der Waals surface area contributed by atoms with E-state index >= 15 is 0 Å². The molecule has 0 radical (unpaired) electrons. The zero-order valence-corrected chi connectivity index (χ0v) is 13.7. The highest BCUT2D eigenvalue weighted by atomic mass is 32.2. The molecule has 1 amide bonds. The van der Waals surface area contributed by atoms with Crippen LogP contribution >= 0.6 is 11.8 Å². The van der Waals surface area contributed by atoms with Crippen molar-refractivity contribution < 1.29 is 14.3 Å². The van der Waals surface area contributed by atoms with Crippen molar-refractivity contribution in [1.82, 2.24) is 5.32 Å². The predicted octanol–water partition coefficient (Wildman–Crippen LogP) is 2.55. The molecule has 2 atom stereocenters. The first-order valence-electron chi connectivity index (χ1n) is 7.94. The summed E-state index contributed by atoms with van der Waals surface area (Å²) < 4.78 is 11.8. The van der Waals surface area contributed by atoms with E-state index < -0.39 is 6.10 Å². The Morgan fingerprint density at radius 2 is 2.00 bits per heavy atom. The van der Waals surface area contributed by atoms with Gasteiger partial charge in [-0.05, 0) is 24.2 Å². The smallest absolute Gasteiger partial charge is 0.252 e. The van der Waals surface area contributed by atoms with Crippen LogP contribution in [0.4, 0.5) is 0 Å². The van der Waals surface area contributed by atoms with Gasteiger partial charge in [0, 0.05) is 11.3 Å². The lowest BCUT2D eigenvalue weighted by Gasteiger charge is -2.31. The standard InChI is InChI=1S/C17H23NO3S/c1-2-22-17(8-9-17)12-18-16(19)15-14(20-10-11-21-15)13-6-4-3-5-7-13/h3-7,14-15H,2,8-12H2,1H3,(H,18,19)/t14-,15-/m1/s1. The summed E-state index contributed by atoms with van der Waals surface area (Å²) in [5, 5.41) is 3.07. The molecule has 5 heteroatoms. The highest BCUT2D eigenvalue weighted by molar-refractivity contribution is 8.00. The van der Waals surface area contributed by atoms with Gasteiger partial charge in [-0.3, -0.25) is 4.79 Å². The Morgan fingerprint density at radius 3 is 2.68 bits per heavy atom. The van der Waals surface area contributed by atoms with Gasteiger partial charge in [-0.2, -0.15) is 11.8 Å². The molecule has 2 fully saturated rings. The summed E-state index contributed by atoms with van der Waals surface area (Å²) in [5.74, 6) is 1.03. The van der Waals surface area contributed by atoms with Crippen molar-refractivity contribution in [2.45, 2.75) is 36.7 Å². The molecule has 0 bridgehead atoms. The third-order valence-electron chi connectivity index (χ3n) is 4.18. The normalized spacial score (nSPS) is 26.4. The van der Waals surface area contributed by atoms with E-state index in [4.69, 9.17) is 9.47 Å². The molecule has 1 N–H and O–H groups in total. The van der Waals surface area contributed by atoms with Crippen molar-refractivity contribution in [2.75, 3.05) is 25.5 Å². The predicted molar refractivity (Wildman–Crippen MR) is 88.0 cm³/mol. The summed E-state index contributed by atoms with van der Waals surface area (Å²) in [7, 11) is 0. The SMILES string of the molecule is CCSC1(CNC(=O)[C@@H]2OCCO[C@@H]2c2ccccc2)CC1. The molecule has 1 aromatic carbocycles. The van der Waals surface area contributed by atoms with Gasteiger partial charge in [0.1, 0.15) is 6.10 Å². The van der Waals surface area contributed by atoms with Gasteiger partial charge in [0.05, 0.1) is 13.2 Å². The van der Waals surface area contributed by atoms with Crippen molar-refractivity contribution in [3.8, 4) is 0 Å². The Labute approximate surface area is 135 Å². The largest absolute Gasteiger partial charge is 0.368 e. The molecule has 1 aliphatic carbocycles. The zero-order chi connectivity index (χ0) is 15.4. The fraction of sp³-hybridized carbons (Fsp3) is 0.588. The lowest BCUT2D eigenvalue weighted by atomic mass is 10.0. The Morgan fingerprint density at radius 1 is 1.27 bits per heavy atom. The maximum absolute atomic E-state index is 12.5. The summed E-state index contributed by atoms with van der Waals surface area (Å²) in [6, 6.07) is 9.84. The highest BCUT2D eigenvalue weighted by Crippen LogP contribution is 2.47. The van der Waals surface area contributed by atoms with E-state index in [1.54, 1.807) is 0 Å². The Balaban J connectivity index is 1.62. The van der Waals surface area contributed by atoms with Crippen LogP contribution in [-0.2, 0) is 14.3 Å². The lowest BCUT2D eigenvalue weighted by Crippen LogP contribution is -2.46. The van der Waals surface area contributed by atoms with Crippen molar-refractivity contribution >= 4 is 17.7 Å². The van der Waals surface area contributed by atoms with Crippen LogP contribution in [0, 0.1) is 0 Å². The fourth-order valence-electron chi connectivity index (χ4n) is 2.82. The molecular weight excluding hydrogens is 298 g/mol. The van der Waals surface area contributed by atoms with E-state index in [0.29, 0.717) is 13.2 Å². The molecule has 22 heavy (non-hydrogen) atoms. The number of hydrogen-bond donors (Lipinski definition) is 1. The first-order chi connectivity index (χ1) is 10.7. The molecule has 3 rings (SSSR count). The van der Waals surface area contributed by atoms with E-state index in [-0.39, 0.29) is 16.8 Å². The Kier molecular flexibility index (Phi) is 5.06. The number of hydrogen-bond acceptors (Lipinski definition) is 4. The number of nitrogens with one attached hydrogen (secondary N) is 1. The summed E-state index contributed by atoms with van der Waals surface area (Å²) in [6.45, 7) is 3.89. The van der Waals surface area contributed by atoms with Crippen molar-refractivity contribution in [2.24, 2.45) is 0 Å². The number of ether oxygens (including phenoxy) is 2. The number of benzene rings is 1. The van der Waals surface area contributed by atoms with Gasteiger partial charge in [-0.15, -0.1) is 0 Å². The van der Waals surface area contributed by atoms with E-state index in [9.17, 15) is 4.79 Å². The average Bonchev–Trinajstić information content (AvgIpc) is 3.34. The molecule has 1 aliphatic heterocycles. The molecule has 1 aromatic rings. The maximum Gasteiger partial charge on any atom is 0.252 e. The molecule has 0 unspecified atom stereocenters. The maximum atomic E-state index is 12.5. The summed E-state index contributed by atoms with van der Waals surface area (Å²) in [6.07, 6.45) is 1.51. The molecule has 1 saturated heterocycles. The topological polar surface area (TPSA) is 47.6 Å². The quantitative estimate of drug-likeness (QED) is 0.875. The molecule has 2 aliphatic rings. The summed E-state index contributed by atoms with van der Waals surface area (Å²) >= 11 is 1.94. The Bertz CT molecular complexity index is 504. The van der Waals surface area contributed by atoms with Gasteiger partial charge in [0.2, 0.25) is 0 Å². The molecule has 120 valence electrons. The fourth-order valence-corrected chi connectivity index (χ4v) is 4.00. The third-order valence-corrected chi connectivity index (χ3v) is 5.64. The summed E-state index contributed by atoms with van der Waals surface area (Å²) in [4.78, 5) is 12.5. The van der Waals surface area contributed by atoms with Crippen molar-refractivity contribution in [3.63, 3.8) is 0 Å². The monoisotopic (exact) mass is 321 g/mol. The molecule has 1 saturated carbocycles. The van der Waals surface area contributed by atoms with Crippen LogP contribution in [-0.4, -0.2) is 42.3 Å². The zero-order valence-electron chi connectivity index (χ0n) is 12.9. The van der Waals surface area contributed by atoms with Crippen molar-refractivity contribution in [3.05, 3.63) is 35.9 Å². The molecular formula is C17H23NO3S. The van der Waals surface area contributed by atoms with E-state index in [0.717, 1.165) is 17.9 Å². The van der Waals surface area contributed by atoms with Crippen LogP contribution in [0.2, 0.25) is 0 Å². The first-order valence-corrected chi connectivity index (χ1v) is 8.92. The van der Waals surface area contributed by atoms with Gasteiger partial charge in [0.25, 0.3) is 5.91 Å². The average molecular weight is 321 g/mol. The lowest BCUT2D eigenvalue weighted by molar-refractivity contribution is -0.166. The van der Waals surface area contributed by atoms with E-state index in [1.165, 1.54) is 12.8 Å². The summed E-state index contributed by atoms with van der Waals surface area (Å²) in [5.41, 5.74) is 0.992. The number of carbonyl (C=O) groups is 1. The first kappa shape index (κ1) is 15.8. The Hall–Kier alpha value is -1.04. The van der Waals surface area contributed by atoms with Crippen LogP contribution in [0.15, 0.2) is 30.3 Å². The van der Waals surface area contributed by atoms with Crippen LogP contribution in [0.3, 0.4) is 0 Å². The molecule has 0 aromatic heterocycles. The van der Waals surface area contributed by atoms with Crippen LogP contribution < -0.4 is 5.32 Å². The molecule has 1 heterocycles. The van der Waals surface area contributed by atoms with Gasteiger partial charge in [-0.25, -0.2) is 0 Å². The number of rotatable bonds is 6. The minimum Gasteiger partial charge on any atom is -0.368 e. The van der Waals surface area contributed by atoms with Crippen molar-refractivity contribution in [1.29, 1.82) is 0 Å². The second-order valence-corrected chi connectivity index (χ2v) is 7.56. The van der Waals surface area contributed by atoms with Gasteiger partial charge >= 0.3 is 0 Å². The van der Waals surface area contributed by atoms with Gasteiger partial charge in [0.15, 0.2) is 6.10 Å². The highest BCUT2D eigenvalue weighted by Gasteiger charge is 2.44. The minimum absolute atomic E-state index is 0.0588. The van der Waals surface area contributed by atoms with Crippen LogP contribution in [0.1, 0.15) is 31.4 Å². The molecule has 4 nitrogen and oxygen atoms in total. The second kappa shape index (κ2) is 7.02. The minimum atomic E-state index is -0.557. The van der Waals surface area contributed by atoms with E-state index in [1.807, 2.05) is 42.1 Å². The van der Waals surface area contributed by atoms with E-state index in [2.05, 4.69) is 12.2 Å². The second-order valence-electron chi connectivity index (χ2n) is 5.83. The van der Waals surface area contributed by atoms with Crippen LogP contribution in [0.5, 0.6) is 0 Å². The number of thioether (sulfide) groups is 1. The number of carbonyl (C=O) groups excluding carboxylic acids is 1. The molecule has 0 spiro atoms. The number of amides is 1. The van der Waals surface area contributed by atoms with Gasteiger partial charge < -0.3 is 14.8 Å². The third kappa shape index (κ3) is 3.65.